The van der Waals surface area contributed by atoms with E-state index in [0.29, 0.717) is 12.0 Å². The fraction of sp³-hybridized carbons (Fsp3) is 0.600. The van der Waals surface area contributed by atoms with Crippen LogP contribution in [-0.4, -0.2) is 6.04 Å². The summed E-state index contributed by atoms with van der Waals surface area (Å²) in [6.45, 7) is 10.1. The molecule has 1 heterocycles. The molecule has 0 aromatic heterocycles. The molecule has 0 radical (unpaired) electrons. The van der Waals surface area contributed by atoms with Gasteiger partial charge >= 0.3 is 0 Å². The van der Waals surface area contributed by atoms with Gasteiger partial charge in [0.1, 0.15) is 0 Å². The van der Waals surface area contributed by atoms with Gasteiger partial charge in [0, 0.05) is 17.7 Å². The molecule has 2 fully saturated rings. The molecule has 4 atom stereocenters. The van der Waals surface area contributed by atoms with Gasteiger partial charge in [0.05, 0.1) is 0 Å². The monoisotopic (exact) mass is 149 g/mol. The molecule has 0 amide bonds. The minimum Gasteiger partial charge on any atom is -0.385 e. The van der Waals surface area contributed by atoms with Crippen LogP contribution >= 0.6 is 0 Å². The van der Waals surface area contributed by atoms with E-state index in [4.69, 9.17) is 0 Å². The average Bonchev–Trinajstić information content (AvgIpc) is 2.61. The topological polar surface area (TPSA) is 12.0 Å². The highest BCUT2D eigenvalue weighted by molar-refractivity contribution is 5.20. The largest absolute Gasteiger partial charge is 0.385 e. The van der Waals surface area contributed by atoms with Crippen LogP contribution in [0.4, 0.5) is 0 Å². The van der Waals surface area contributed by atoms with E-state index in [2.05, 4.69) is 31.5 Å². The van der Waals surface area contributed by atoms with E-state index in [1.54, 1.807) is 0 Å². The van der Waals surface area contributed by atoms with E-state index in [0.717, 1.165) is 18.3 Å². The van der Waals surface area contributed by atoms with Crippen LogP contribution in [0.25, 0.3) is 0 Å². The van der Waals surface area contributed by atoms with Crippen LogP contribution in [0.2, 0.25) is 0 Å². The summed E-state index contributed by atoms with van der Waals surface area (Å²) in [5, 5.41) is 3.42. The molecule has 2 rings (SSSR count). The lowest BCUT2D eigenvalue weighted by molar-refractivity contribution is 0.424. The van der Waals surface area contributed by atoms with Gasteiger partial charge in [0.25, 0.3) is 0 Å². The first-order chi connectivity index (χ1) is 5.24. The summed E-state index contributed by atoms with van der Waals surface area (Å²) >= 11 is 0. The molecule has 1 heteroatoms. The fourth-order valence-electron chi connectivity index (χ4n) is 2.41. The highest BCUT2D eigenvalue weighted by Gasteiger charge is 2.53. The van der Waals surface area contributed by atoms with Crippen molar-refractivity contribution >= 4 is 0 Å². The Morgan fingerprint density at radius 3 is 3.00 bits per heavy atom. The van der Waals surface area contributed by atoms with E-state index in [1.807, 2.05) is 0 Å². The van der Waals surface area contributed by atoms with E-state index in [9.17, 15) is 0 Å². The van der Waals surface area contributed by atoms with Crippen LogP contribution in [0.15, 0.2) is 24.9 Å². The molecule has 0 aromatic rings. The molecule has 1 saturated heterocycles. The van der Waals surface area contributed by atoms with Crippen LogP contribution in [0.1, 0.15) is 13.3 Å². The van der Waals surface area contributed by atoms with Crippen LogP contribution in [-0.2, 0) is 0 Å². The van der Waals surface area contributed by atoms with Crippen LogP contribution < -0.4 is 5.32 Å². The maximum absolute atomic E-state index is 3.96. The molecule has 0 unspecified atom stereocenters. The molecule has 1 N–H and O–H groups in total. The van der Waals surface area contributed by atoms with Gasteiger partial charge in [-0.2, -0.15) is 0 Å². The average molecular weight is 149 g/mol. The third-order valence-electron chi connectivity index (χ3n) is 3.00. The third kappa shape index (κ3) is 0.907. The second-order valence-electron chi connectivity index (χ2n) is 3.85. The standard InChI is InChI=1S/C10H15N/c1-4-8-9-6(2)5-7(3)11-10(8)9/h4,6,8-11H,1,3,5H2,2H3/t6-,8-,9-,10+/m0/s1. The fourth-order valence-corrected chi connectivity index (χ4v) is 2.41. The van der Waals surface area contributed by atoms with Crippen molar-refractivity contribution in [1.82, 2.24) is 5.32 Å². The number of allylic oxidation sites excluding steroid dienone is 1. The highest BCUT2D eigenvalue weighted by Crippen LogP contribution is 2.50. The molecule has 60 valence electrons. The van der Waals surface area contributed by atoms with E-state index in [-0.39, 0.29) is 0 Å². The first-order valence-corrected chi connectivity index (χ1v) is 4.31. The van der Waals surface area contributed by atoms with Crippen molar-refractivity contribution in [2.24, 2.45) is 17.8 Å². The Morgan fingerprint density at radius 1 is 1.64 bits per heavy atom. The molecular formula is C10H15N. The van der Waals surface area contributed by atoms with Gasteiger partial charge in [0.15, 0.2) is 0 Å². The van der Waals surface area contributed by atoms with Crippen molar-refractivity contribution in [2.75, 3.05) is 0 Å². The molecule has 1 aliphatic heterocycles. The van der Waals surface area contributed by atoms with Crippen LogP contribution in [0.5, 0.6) is 0 Å². The molecular weight excluding hydrogens is 134 g/mol. The van der Waals surface area contributed by atoms with E-state index >= 15 is 0 Å². The summed E-state index contributed by atoms with van der Waals surface area (Å²) in [6, 6.07) is 0.670. The predicted octanol–water partition coefficient (Wildman–Crippen LogP) is 1.93. The molecule has 1 nitrogen and oxygen atoms in total. The van der Waals surface area contributed by atoms with Crippen molar-refractivity contribution < 1.29 is 0 Å². The Kier molecular flexibility index (Phi) is 1.35. The number of nitrogens with one attached hydrogen (secondary N) is 1. The zero-order valence-corrected chi connectivity index (χ0v) is 7.01. The lowest BCUT2D eigenvalue weighted by atomic mass is 9.96. The summed E-state index contributed by atoms with van der Waals surface area (Å²) in [7, 11) is 0. The zero-order valence-electron chi connectivity index (χ0n) is 7.01. The van der Waals surface area contributed by atoms with Gasteiger partial charge < -0.3 is 5.32 Å². The number of hydrogen-bond donors (Lipinski definition) is 1. The molecule has 1 aliphatic carbocycles. The number of hydrogen-bond acceptors (Lipinski definition) is 1. The van der Waals surface area contributed by atoms with Gasteiger partial charge in [-0.15, -0.1) is 6.58 Å². The zero-order chi connectivity index (χ0) is 8.01. The number of rotatable bonds is 1. The Balaban J connectivity index is 2.10. The quantitative estimate of drug-likeness (QED) is 0.562. The van der Waals surface area contributed by atoms with Crippen LogP contribution in [0, 0.1) is 17.8 Å². The number of fused-ring (bicyclic) bond motifs is 1. The number of piperidine rings is 1. The molecule has 2 aliphatic rings. The predicted molar refractivity (Wildman–Crippen MR) is 47.0 cm³/mol. The lowest BCUT2D eigenvalue weighted by Gasteiger charge is -2.20. The maximum Gasteiger partial charge on any atom is 0.0361 e. The van der Waals surface area contributed by atoms with Crippen molar-refractivity contribution in [2.45, 2.75) is 19.4 Å². The third-order valence-corrected chi connectivity index (χ3v) is 3.00. The summed E-state index contributed by atoms with van der Waals surface area (Å²) in [4.78, 5) is 0. The second-order valence-corrected chi connectivity index (χ2v) is 3.85. The molecule has 11 heavy (non-hydrogen) atoms. The molecule has 0 spiro atoms. The SMILES string of the molecule is C=C[C@@H]1[C@H]2NC(=C)C[C@H](C)[C@@H]12. The van der Waals surface area contributed by atoms with E-state index < -0.39 is 0 Å². The smallest absolute Gasteiger partial charge is 0.0361 e. The maximum atomic E-state index is 3.96. The first-order valence-electron chi connectivity index (χ1n) is 4.31. The summed E-state index contributed by atoms with van der Waals surface area (Å²) in [5.74, 6) is 2.36. The van der Waals surface area contributed by atoms with Gasteiger partial charge in [-0.25, -0.2) is 0 Å². The second kappa shape index (κ2) is 2.13. The molecule has 1 saturated carbocycles. The van der Waals surface area contributed by atoms with Crippen LogP contribution in [0.3, 0.4) is 0 Å². The molecule has 0 bridgehead atoms. The highest BCUT2D eigenvalue weighted by atomic mass is 15.0. The Labute approximate surface area is 68.2 Å². The first kappa shape index (κ1) is 6.96. The normalized spacial score (nSPS) is 47.5. The Hall–Kier alpha value is -0.720. The van der Waals surface area contributed by atoms with Gasteiger partial charge in [-0.05, 0) is 18.3 Å². The van der Waals surface area contributed by atoms with Crippen molar-refractivity contribution in [1.29, 1.82) is 0 Å². The van der Waals surface area contributed by atoms with E-state index in [1.165, 1.54) is 5.70 Å². The van der Waals surface area contributed by atoms with Gasteiger partial charge in [0.2, 0.25) is 0 Å². The molecule has 0 aromatic carbocycles. The van der Waals surface area contributed by atoms with Gasteiger partial charge in [-0.1, -0.05) is 19.6 Å². The van der Waals surface area contributed by atoms with Crippen molar-refractivity contribution in [3.05, 3.63) is 24.9 Å². The van der Waals surface area contributed by atoms with Crippen molar-refractivity contribution in [3.63, 3.8) is 0 Å². The minimum atomic E-state index is 0.670. The minimum absolute atomic E-state index is 0.670. The van der Waals surface area contributed by atoms with Crippen molar-refractivity contribution in [3.8, 4) is 0 Å². The Bertz CT molecular complexity index is 207. The summed E-state index contributed by atoms with van der Waals surface area (Å²) in [5.41, 5.74) is 1.21. The summed E-state index contributed by atoms with van der Waals surface area (Å²) < 4.78 is 0. The summed E-state index contributed by atoms with van der Waals surface area (Å²) in [6.07, 6.45) is 3.23. The van der Waals surface area contributed by atoms with Gasteiger partial charge in [-0.3, -0.25) is 0 Å². The lowest BCUT2D eigenvalue weighted by Crippen LogP contribution is -2.25. The Morgan fingerprint density at radius 2 is 2.36 bits per heavy atom.